The number of para-hydroxylation sites is 1. The summed E-state index contributed by atoms with van der Waals surface area (Å²) in [5.41, 5.74) is 10.9. The average Bonchev–Trinajstić information content (AvgIpc) is 3.61. The van der Waals surface area contributed by atoms with Gasteiger partial charge in [-0.25, -0.2) is 0 Å². The van der Waals surface area contributed by atoms with E-state index >= 15 is 0 Å². The van der Waals surface area contributed by atoms with Gasteiger partial charge in [-0.1, -0.05) is 72.8 Å². The van der Waals surface area contributed by atoms with Crippen LogP contribution in [0, 0.1) is 23.7 Å². The molecule has 4 bridgehead atoms. The zero-order chi connectivity index (χ0) is 30.0. The van der Waals surface area contributed by atoms with E-state index in [9.17, 15) is 0 Å². The Morgan fingerprint density at radius 2 is 1.33 bits per heavy atom. The van der Waals surface area contributed by atoms with Gasteiger partial charge in [-0.05, 0) is 120 Å². The first-order chi connectivity index (χ1) is 22.8. The van der Waals surface area contributed by atoms with Gasteiger partial charge in [-0.2, -0.15) is 0 Å². The Labute approximate surface area is 273 Å². The summed E-state index contributed by atoms with van der Waals surface area (Å²) in [7, 11) is 0. The van der Waals surface area contributed by atoms with E-state index in [2.05, 4.69) is 114 Å². The van der Waals surface area contributed by atoms with Crippen molar-refractivity contribution in [1.29, 1.82) is 0 Å². The van der Waals surface area contributed by atoms with Crippen LogP contribution in [0.15, 0.2) is 121 Å². The highest BCUT2D eigenvalue weighted by molar-refractivity contribution is 7.26. The fourth-order valence-corrected chi connectivity index (χ4v) is 12.0. The summed E-state index contributed by atoms with van der Waals surface area (Å²) < 4.78 is 2.65. The number of hydrogen-bond donors (Lipinski definition) is 0. The molecular weight excluding hydrogens is 577 g/mol. The number of fused-ring (bicyclic) bond motifs is 7. The Kier molecular flexibility index (Phi) is 5.19. The van der Waals surface area contributed by atoms with Crippen LogP contribution in [0.1, 0.15) is 43.2 Å². The largest absolute Gasteiger partial charge is 0.308 e. The summed E-state index contributed by atoms with van der Waals surface area (Å²) in [5, 5.41) is 3.81. The molecule has 0 amide bonds. The molecule has 0 radical (unpaired) electrons. The first kappa shape index (κ1) is 25.7. The minimum Gasteiger partial charge on any atom is -0.308 e. The highest BCUT2D eigenvalue weighted by Crippen LogP contribution is 2.69. The minimum absolute atomic E-state index is 0.124. The predicted octanol–water partition coefficient (Wildman–Crippen LogP) is 11.8. The van der Waals surface area contributed by atoms with Crippen LogP contribution >= 0.6 is 11.3 Å². The zero-order valence-corrected chi connectivity index (χ0v) is 26.5. The fraction of sp³-hybridized carbons (Fsp3) is 0.233. The summed E-state index contributed by atoms with van der Waals surface area (Å²) in [5.74, 6) is 3.32. The molecule has 46 heavy (non-hydrogen) atoms. The molecule has 5 aliphatic rings. The molecule has 0 unspecified atom stereocenters. The molecule has 0 aliphatic heterocycles. The second-order valence-corrected chi connectivity index (χ2v) is 15.5. The third-order valence-corrected chi connectivity index (χ3v) is 13.4. The summed E-state index contributed by atoms with van der Waals surface area (Å²) in [6.45, 7) is 0. The molecular formula is C43H34N2S. The van der Waals surface area contributed by atoms with E-state index in [-0.39, 0.29) is 5.41 Å². The standard InChI is InChI=1S/C43H34N2S/c1-3-12-35-32(10-1)33-18-17-31(25-36(33)43(35)29-21-26-20-27(23-29)24-30(43)22-26)45(38-14-5-8-28-9-7-19-44-42(28)38)37-13-6-16-40-41(37)34-11-2-4-15-39(34)46-40/h1-19,25-27,29-30H,20-24H2. The molecule has 5 aromatic carbocycles. The molecule has 1 spiro atoms. The number of hydrogen-bond acceptors (Lipinski definition) is 3. The maximum absolute atomic E-state index is 4.99. The third-order valence-electron chi connectivity index (χ3n) is 12.3. The maximum Gasteiger partial charge on any atom is 0.0942 e. The third kappa shape index (κ3) is 3.29. The smallest absolute Gasteiger partial charge is 0.0942 e. The number of pyridine rings is 1. The predicted molar refractivity (Wildman–Crippen MR) is 193 cm³/mol. The van der Waals surface area contributed by atoms with Crippen molar-refractivity contribution in [3.63, 3.8) is 0 Å². The zero-order valence-electron chi connectivity index (χ0n) is 25.7. The van der Waals surface area contributed by atoms with Crippen LogP contribution in [-0.2, 0) is 5.41 Å². The minimum atomic E-state index is 0.124. The average molecular weight is 611 g/mol. The molecule has 12 rings (SSSR count). The normalized spacial score (nSPS) is 25.5. The number of nitrogens with zero attached hydrogens (tertiary/aromatic N) is 2. The Morgan fingerprint density at radius 1 is 0.609 bits per heavy atom. The van der Waals surface area contributed by atoms with Gasteiger partial charge in [0.15, 0.2) is 0 Å². The lowest BCUT2D eigenvalue weighted by Crippen LogP contribution is -2.55. The van der Waals surface area contributed by atoms with Crippen LogP contribution in [-0.4, -0.2) is 4.98 Å². The maximum atomic E-state index is 4.99. The molecule has 7 aromatic rings. The van der Waals surface area contributed by atoms with Crippen molar-refractivity contribution in [2.45, 2.75) is 37.5 Å². The summed E-state index contributed by atoms with van der Waals surface area (Å²) >= 11 is 1.89. The van der Waals surface area contributed by atoms with Crippen LogP contribution in [0.2, 0.25) is 0 Å². The van der Waals surface area contributed by atoms with Crippen molar-refractivity contribution in [3.8, 4) is 11.1 Å². The van der Waals surface area contributed by atoms with Crippen molar-refractivity contribution in [2.24, 2.45) is 23.7 Å². The molecule has 4 saturated carbocycles. The fourth-order valence-electron chi connectivity index (χ4n) is 10.9. The van der Waals surface area contributed by atoms with E-state index in [1.165, 1.54) is 80.2 Å². The molecule has 2 heterocycles. The van der Waals surface area contributed by atoms with Gasteiger partial charge in [0.25, 0.3) is 0 Å². The van der Waals surface area contributed by atoms with Crippen LogP contribution in [0.4, 0.5) is 17.1 Å². The number of anilines is 3. The lowest BCUT2D eigenvalue weighted by atomic mass is 9.43. The Morgan fingerprint density at radius 3 is 2.22 bits per heavy atom. The SMILES string of the molecule is c1ccc2c(c1)-c1ccc(N(c3cccc4cccnc34)c3cccc4sc5ccccc5c34)cc1C21C2CC3CC(C2)CC1C3. The van der Waals surface area contributed by atoms with E-state index in [1.54, 1.807) is 11.1 Å². The molecule has 0 atom stereocenters. The van der Waals surface area contributed by atoms with Gasteiger partial charge in [0.1, 0.15) is 0 Å². The van der Waals surface area contributed by atoms with Gasteiger partial charge in [0, 0.05) is 42.9 Å². The van der Waals surface area contributed by atoms with Gasteiger partial charge < -0.3 is 4.90 Å². The van der Waals surface area contributed by atoms with Gasteiger partial charge >= 0.3 is 0 Å². The first-order valence-electron chi connectivity index (χ1n) is 17.1. The Hall–Kier alpha value is -4.47. The molecule has 222 valence electrons. The summed E-state index contributed by atoms with van der Waals surface area (Å²) in [6, 6.07) is 43.5. The quantitative estimate of drug-likeness (QED) is 0.198. The topological polar surface area (TPSA) is 16.1 Å². The molecule has 4 fully saturated rings. The van der Waals surface area contributed by atoms with Gasteiger partial charge in [0.05, 0.1) is 16.9 Å². The molecule has 2 nitrogen and oxygen atoms in total. The lowest BCUT2D eigenvalue weighted by Gasteiger charge is -2.61. The number of aromatic nitrogens is 1. The van der Waals surface area contributed by atoms with Crippen LogP contribution < -0.4 is 4.90 Å². The Balaban J connectivity index is 1.21. The van der Waals surface area contributed by atoms with Gasteiger partial charge in [0.2, 0.25) is 0 Å². The van der Waals surface area contributed by atoms with Crippen molar-refractivity contribution in [1.82, 2.24) is 4.98 Å². The molecule has 0 N–H and O–H groups in total. The van der Waals surface area contributed by atoms with Crippen LogP contribution in [0.3, 0.4) is 0 Å². The van der Waals surface area contributed by atoms with E-state index in [4.69, 9.17) is 4.98 Å². The molecule has 2 aromatic heterocycles. The molecule has 5 aliphatic carbocycles. The van der Waals surface area contributed by atoms with Crippen molar-refractivity contribution in [2.75, 3.05) is 4.90 Å². The first-order valence-corrected chi connectivity index (χ1v) is 17.9. The van der Waals surface area contributed by atoms with Gasteiger partial charge in [-0.15, -0.1) is 11.3 Å². The number of benzene rings is 5. The van der Waals surface area contributed by atoms with Crippen molar-refractivity contribution >= 4 is 59.5 Å². The Bertz CT molecular complexity index is 2330. The highest BCUT2D eigenvalue weighted by atomic mass is 32.1. The number of thiophene rings is 1. The van der Waals surface area contributed by atoms with Crippen molar-refractivity contribution < 1.29 is 0 Å². The van der Waals surface area contributed by atoms with Crippen LogP contribution in [0.25, 0.3) is 42.2 Å². The van der Waals surface area contributed by atoms with E-state index in [0.717, 1.165) is 34.9 Å². The van der Waals surface area contributed by atoms with E-state index in [1.807, 2.05) is 23.6 Å². The second-order valence-electron chi connectivity index (χ2n) is 14.4. The van der Waals surface area contributed by atoms with Crippen molar-refractivity contribution in [3.05, 3.63) is 133 Å². The van der Waals surface area contributed by atoms with E-state index < -0.39 is 0 Å². The lowest BCUT2D eigenvalue weighted by molar-refractivity contribution is -0.0399. The summed E-state index contributed by atoms with van der Waals surface area (Å²) in [6.07, 6.45) is 8.97. The highest BCUT2D eigenvalue weighted by Gasteiger charge is 2.61. The molecule has 3 heteroatoms. The van der Waals surface area contributed by atoms with Crippen LogP contribution in [0.5, 0.6) is 0 Å². The van der Waals surface area contributed by atoms with E-state index in [0.29, 0.717) is 0 Å². The molecule has 0 saturated heterocycles. The monoisotopic (exact) mass is 610 g/mol. The number of rotatable bonds is 3. The second kappa shape index (κ2) is 9.30. The van der Waals surface area contributed by atoms with Gasteiger partial charge in [-0.3, -0.25) is 4.98 Å². The summed E-state index contributed by atoms with van der Waals surface area (Å²) in [4.78, 5) is 7.52.